The molecular weight excluding hydrogens is 976 g/mol. The topological polar surface area (TPSA) is 162 Å². The maximum absolute atomic E-state index is 8.40. The first-order valence-corrected chi connectivity index (χ1v) is 28.5. The van der Waals surface area contributed by atoms with Gasteiger partial charge in [-0.2, -0.15) is 0 Å². The van der Waals surface area contributed by atoms with Gasteiger partial charge >= 0.3 is 32.4 Å². The Labute approximate surface area is 333 Å². The molecule has 0 saturated carbocycles. The summed E-state index contributed by atoms with van der Waals surface area (Å²) in [5.41, 5.74) is 0.778. The van der Waals surface area contributed by atoms with Gasteiger partial charge in [0, 0.05) is 52.9 Å². The molecule has 10 heteroatoms. The van der Waals surface area contributed by atoms with Gasteiger partial charge in [-0.25, -0.2) is 0 Å². The molecule has 0 aromatic carbocycles. The summed E-state index contributed by atoms with van der Waals surface area (Å²) in [5.74, 6) is 0. The molecule has 0 atom stereocenters. The Bertz CT molecular complexity index is 464. The van der Waals surface area contributed by atoms with E-state index in [4.69, 9.17) is 40.9 Å². The Hall–Kier alpha value is 1.06. The first-order chi connectivity index (χ1) is 21.5. The molecular formula is C40H96O8W2. The predicted octanol–water partition coefficient (Wildman–Crippen LogP) is 8.19. The van der Waals surface area contributed by atoms with Crippen LogP contribution < -0.4 is 0 Å². The fourth-order valence-corrected chi connectivity index (χ4v) is 0. The Balaban J connectivity index is -0.0000000545. The van der Waals surface area contributed by atoms with Crippen molar-refractivity contribution in [3.63, 3.8) is 0 Å². The van der Waals surface area contributed by atoms with Crippen LogP contribution in [-0.2, 0) is 32.4 Å². The summed E-state index contributed by atoms with van der Waals surface area (Å²) < 4.78 is 0. The molecule has 0 aliphatic carbocycles. The molecule has 8 nitrogen and oxygen atoms in total. The van der Waals surface area contributed by atoms with Gasteiger partial charge in [0.15, 0.2) is 0 Å². The minimum atomic E-state index is 0.0972. The van der Waals surface area contributed by atoms with Crippen molar-refractivity contribution in [2.45, 2.75) is 166 Å². The van der Waals surface area contributed by atoms with Crippen LogP contribution in [0.25, 0.3) is 0 Å². The minimum absolute atomic E-state index is 0.0972. The zero-order valence-corrected chi connectivity index (χ0v) is 43.9. The second kappa shape index (κ2) is 37.0. The van der Waals surface area contributed by atoms with Crippen molar-refractivity contribution in [2.24, 2.45) is 43.3 Å². The second-order valence-corrected chi connectivity index (χ2v) is 21.8. The van der Waals surface area contributed by atoms with E-state index < -0.39 is 0 Å². The second-order valence-electron chi connectivity index (χ2n) is 21.8. The van der Waals surface area contributed by atoms with Crippen LogP contribution in [0.4, 0.5) is 0 Å². The van der Waals surface area contributed by atoms with Crippen LogP contribution in [0.3, 0.4) is 0 Å². The first kappa shape index (κ1) is 72.3. The van der Waals surface area contributed by atoms with Gasteiger partial charge in [-0.15, -0.1) is 0 Å². The predicted molar refractivity (Wildman–Crippen MR) is 212 cm³/mol. The van der Waals surface area contributed by atoms with Gasteiger partial charge in [0.05, 0.1) is 0 Å². The molecule has 0 heterocycles. The average Bonchev–Trinajstić information content (AvgIpc) is 2.93. The van der Waals surface area contributed by atoms with E-state index in [1.165, 1.54) is 0 Å². The first-order valence-electron chi connectivity index (χ1n) is 17.5. The Morgan fingerprint density at radius 1 is 0.200 bits per heavy atom. The molecule has 0 saturated heterocycles. The van der Waals surface area contributed by atoms with Crippen molar-refractivity contribution in [2.75, 3.05) is 52.9 Å². The van der Waals surface area contributed by atoms with Crippen molar-refractivity contribution in [1.82, 2.24) is 0 Å². The molecule has 0 rings (SSSR count). The van der Waals surface area contributed by atoms with Crippen LogP contribution >= 0.6 is 0 Å². The molecule has 0 radical (unpaired) electrons. The van der Waals surface area contributed by atoms with Gasteiger partial charge < -0.3 is 40.9 Å². The molecule has 0 aliphatic heterocycles. The van der Waals surface area contributed by atoms with Crippen LogP contribution in [0.5, 0.6) is 0 Å². The third kappa shape index (κ3) is 180. The molecule has 8 N–H and O–H groups in total. The van der Waals surface area contributed by atoms with Crippen molar-refractivity contribution >= 4 is 0 Å². The fourth-order valence-electron chi connectivity index (χ4n) is 0. The summed E-state index contributed by atoms with van der Waals surface area (Å²) in [6, 6.07) is 0. The summed E-state index contributed by atoms with van der Waals surface area (Å²) in [4.78, 5) is 0. The third-order valence-electron chi connectivity index (χ3n) is 3.79. The standard InChI is InChI=1S/8C5H12O.2W/c8*1-5(2,3)4-6;;/h8*6H,4H2,1-3H3;;. The summed E-state index contributed by atoms with van der Waals surface area (Å²) in [6.45, 7) is 50.0. The number of hydrogen-bond donors (Lipinski definition) is 8. The van der Waals surface area contributed by atoms with Crippen LogP contribution in [0.15, 0.2) is 0 Å². The summed E-state index contributed by atoms with van der Waals surface area (Å²) in [6.07, 6.45) is 0. The summed E-state index contributed by atoms with van der Waals surface area (Å²) in [7, 11) is 0. The van der Waals surface area contributed by atoms with Crippen molar-refractivity contribution in [1.29, 1.82) is 0 Å². The summed E-state index contributed by atoms with van der Waals surface area (Å²) >= 11 is 3.33. The number of hydrogen-bond acceptors (Lipinski definition) is 8. The molecule has 316 valence electrons. The molecule has 0 aliphatic rings. The quantitative estimate of drug-likeness (QED) is 0.121. The maximum atomic E-state index is 8.40. The Morgan fingerprint density at radius 3 is 0.220 bits per heavy atom. The molecule has 0 amide bonds. The van der Waals surface area contributed by atoms with Crippen LogP contribution in [0.1, 0.15) is 166 Å². The van der Waals surface area contributed by atoms with E-state index in [-0.39, 0.29) is 96.2 Å². The van der Waals surface area contributed by atoms with E-state index in [1.54, 1.807) is 32.4 Å². The van der Waals surface area contributed by atoms with Crippen LogP contribution in [0, 0.1) is 43.3 Å². The van der Waals surface area contributed by atoms with Crippen molar-refractivity contribution in [3.8, 4) is 0 Å². The van der Waals surface area contributed by atoms with E-state index in [2.05, 4.69) is 0 Å². The third-order valence-corrected chi connectivity index (χ3v) is 3.79. The Morgan fingerprint density at radius 2 is 0.220 bits per heavy atom. The van der Waals surface area contributed by atoms with Gasteiger partial charge in [-0.1, -0.05) is 166 Å². The number of rotatable bonds is 0. The van der Waals surface area contributed by atoms with E-state index in [1.807, 2.05) is 166 Å². The number of aliphatic hydroxyl groups excluding tert-OH is 8. The molecule has 0 aromatic rings. The molecule has 0 spiro atoms. The van der Waals surface area contributed by atoms with Crippen LogP contribution in [-0.4, -0.2) is 93.7 Å². The molecule has 50 heavy (non-hydrogen) atoms. The molecule has 0 unspecified atom stereocenters. The van der Waals surface area contributed by atoms with Crippen molar-refractivity contribution in [3.05, 3.63) is 0 Å². The van der Waals surface area contributed by atoms with Gasteiger partial charge in [0.25, 0.3) is 0 Å². The fraction of sp³-hybridized carbons (Fsp3) is 1.00. The van der Waals surface area contributed by atoms with E-state index >= 15 is 0 Å². The molecule has 0 bridgehead atoms. The van der Waals surface area contributed by atoms with Crippen molar-refractivity contribution < 1.29 is 73.3 Å². The van der Waals surface area contributed by atoms with Gasteiger partial charge in [0.2, 0.25) is 0 Å². The SMILES string of the molecule is CC(C)(C)CO.CC(C)(C)CO.CC(C)(C)CO.CC(C)(C)CO.CC(C)(C)CO.CC(C)(C)CO.CC(C)(C)CO.CC(C)(C)CO.[W]=[W]. The van der Waals surface area contributed by atoms with Crippen LogP contribution in [0.2, 0.25) is 0 Å². The Kier molecular flexibility index (Phi) is 53.5. The van der Waals surface area contributed by atoms with Gasteiger partial charge in [-0.3, -0.25) is 0 Å². The monoisotopic (exact) mass is 1070 g/mol. The van der Waals surface area contributed by atoms with Gasteiger partial charge in [0.1, 0.15) is 0 Å². The average molecular weight is 1070 g/mol. The zero-order valence-electron chi connectivity index (χ0n) is 38.1. The van der Waals surface area contributed by atoms with E-state index in [9.17, 15) is 0 Å². The number of aliphatic hydroxyl groups is 8. The molecule has 0 aromatic heterocycles. The zero-order chi connectivity index (χ0) is 43.7. The summed E-state index contributed by atoms with van der Waals surface area (Å²) in [5, 5.41) is 67.2. The van der Waals surface area contributed by atoms with E-state index in [0.29, 0.717) is 0 Å². The normalized spacial score (nSPS) is 11.6. The van der Waals surface area contributed by atoms with Gasteiger partial charge in [-0.05, 0) is 43.3 Å². The van der Waals surface area contributed by atoms with E-state index in [0.717, 1.165) is 0 Å². The molecule has 0 fully saturated rings.